The first-order valence-corrected chi connectivity index (χ1v) is 10.8. The van der Waals surface area contributed by atoms with Crippen LogP contribution in [0.1, 0.15) is 22.3 Å². The van der Waals surface area contributed by atoms with Gasteiger partial charge in [0.05, 0.1) is 18.7 Å². The molecule has 0 unspecified atom stereocenters. The Hall–Kier alpha value is -3.77. The van der Waals surface area contributed by atoms with Gasteiger partial charge in [-0.15, -0.1) is 0 Å². The number of rotatable bonds is 7. The molecule has 3 amide bonds. The number of imide groups is 1. The van der Waals surface area contributed by atoms with E-state index < -0.39 is 11.9 Å². The molecule has 0 radical (unpaired) electrons. The Bertz CT molecular complexity index is 1220. The van der Waals surface area contributed by atoms with E-state index in [0.29, 0.717) is 28.7 Å². The molecule has 3 aromatic rings. The molecule has 0 aromatic heterocycles. The van der Waals surface area contributed by atoms with Crippen molar-refractivity contribution in [3.8, 4) is 11.5 Å². The van der Waals surface area contributed by atoms with Gasteiger partial charge in [0.1, 0.15) is 12.3 Å². The zero-order chi connectivity index (χ0) is 23.4. The summed E-state index contributed by atoms with van der Waals surface area (Å²) in [6.45, 7) is 2.54. The van der Waals surface area contributed by atoms with Crippen molar-refractivity contribution in [1.82, 2.24) is 10.2 Å². The van der Waals surface area contributed by atoms with Crippen molar-refractivity contribution < 1.29 is 19.1 Å². The molecule has 1 fully saturated rings. The van der Waals surface area contributed by atoms with E-state index in [9.17, 15) is 9.59 Å². The fraction of sp³-hybridized carbons (Fsp3) is 0.154. The Kier molecular flexibility index (Phi) is 6.66. The maximum atomic E-state index is 12.8. The van der Waals surface area contributed by atoms with Crippen molar-refractivity contribution in [1.29, 1.82) is 0 Å². The number of benzene rings is 3. The molecule has 4 rings (SSSR count). The summed E-state index contributed by atoms with van der Waals surface area (Å²) in [4.78, 5) is 26.3. The number of nitrogens with zero attached hydrogens (tertiary/aromatic N) is 1. The summed E-state index contributed by atoms with van der Waals surface area (Å²) in [6.07, 6.45) is 1.57. The lowest BCUT2D eigenvalue weighted by Crippen LogP contribution is -2.30. The number of carbonyl (C=O) groups is 2. The summed E-state index contributed by atoms with van der Waals surface area (Å²) in [5.41, 5.74) is 3.78. The van der Waals surface area contributed by atoms with Crippen LogP contribution in [0.25, 0.3) is 6.08 Å². The van der Waals surface area contributed by atoms with Crippen LogP contribution in [0.4, 0.5) is 4.79 Å². The smallest absolute Gasteiger partial charge is 0.329 e. The molecule has 6 nitrogen and oxygen atoms in total. The molecule has 0 atom stereocenters. The molecule has 1 heterocycles. The van der Waals surface area contributed by atoms with E-state index in [2.05, 4.69) is 5.32 Å². The Morgan fingerprint density at radius 2 is 1.76 bits per heavy atom. The number of carbonyl (C=O) groups excluding carboxylic acids is 2. The fourth-order valence-electron chi connectivity index (χ4n) is 3.57. The molecule has 1 saturated heterocycles. The number of nitrogens with one attached hydrogen (secondary N) is 1. The maximum Gasteiger partial charge on any atom is 0.329 e. The second-order valence-corrected chi connectivity index (χ2v) is 8.08. The third-order valence-electron chi connectivity index (χ3n) is 5.17. The number of methoxy groups -OCH3 is 1. The van der Waals surface area contributed by atoms with E-state index in [1.54, 1.807) is 18.2 Å². The molecule has 33 heavy (non-hydrogen) atoms. The number of urea groups is 1. The minimum atomic E-state index is -0.466. The molecule has 1 aliphatic rings. The van der Waals surface area contributed by atoms with Crippen LogP contribution in [0, 0.1) is 6.92 Å². The van der Waals surface area contributed by atoms with E-state index >= 15 is 0 Å². The third kappa shape index (κ3) is 5.18. The number of aryl methyl sites for hydroxylation is 1. The second-order valence-electron chi connectivity index (χ2n) is 7.68. The summed E-state index contributed by atoms with van der Waals surface area (Å²) in [5, 5.41) is 2.97. The quantitative estimate of drug-likeness (QED) is 0.380. The standard InChI is InChI=1S/C26H23ClN2O4/c1-17-7-6-10-19(11-17)16-33-24-21(27)12-20(14-23(24)32-2)13-22-25(30)29(26(31)28-22)15-18-8-4-3-5-9-18/h3-14H,15-16H2,1-2H3,(H,28,31)/b22-13+. The number of hydrogen-bond acceptors (Lipinski definition) is 4. The minimum absolute atomic E-state index is 0.169. The summed E-state index contributed by atoms with van der Waals surface area (Å²) in [7, 11) is 1.52. The van der Waals surface area contributed by atoms with Gasteiger partial charge in [0.2, 0.25) is 0 Å². The highest BCUT2D eigenvalue weighted by atomic mass is 35.5. The van der Waals surface area contributed by atoms with Crippen molar-refractivity contribution in [3.63, 3.8) is 0 Å². The predicted molar refractivity (Wildman–Crippen MR) is 127 cm³/mol. The summed E-state index contributed by atoms with van der Waals surface area (Å²) < 4.78 is 11.4. The Morgan fingerprint density at radius 3 is 2.48 bits per heavy atom. The second kappa shape index (κ2) is 9.79. The highest BCUT2D eigenvalue weighted by molar-refractivity contribution is 6.32. The highest BCUT2D eigenvalue weighted by Gasteiger charge is 2.33. The average Bonchev–Trinajstić information content (AvgIpc) is 3.06. The van der Waals surface area contributed by atoms with Gasteiger partial charge in [0.15, 0.2) is 11.5 Å². The van der Waals surface area contributed by atoms with Crippen molar-refractivity contribution in [2.24, 2.45) is 0 Å². The molecule has 3 aromatic carbocycles. The normalized spacial score (nSPS) is 14.5. The van der Waals surface area contributed by atoms with Crippen molar-refractivity contribution in [2.45, 2.75) is 20.1 Å². The lowest BCUT2D eigenvalue weighted by Gasteiger charge is -2.14. The molecule has 1 N–H and O–H groups in total. The van der Waals surface area contributed by atoms with E-state index in [1.807, 2.05) is 61.5 Å². The van der Waals surface area contributed by atoms with Crippen LogP contribution in [-0.4, -0.2) is 23.9 Å². The van der Waals surface area contributed by atoms with E-state index in [4.69, 9.17) is 21.1 Å². The molecule has 168 valence electrons. The van der Waals surface area contributed by atoms with Crippen LogP contribution in [0.15, 0.2) is 72.4 Å². The lowest BCUT2D eigenvalue weighted by molar-refractivity contribution is -0.123. The molecule has 7 heteroatoms. The fourth-order valence-corrected chi connectivity index (χ4v) is 3.84. The van der Waals surface area contributed by atoms with Gasteiger partial charge in [-0.25, -0.2) is 4.79 Å². The lowest BCUT2D eigenvalue weighted by atomic mass is 10.1. The van der Waals surface area contributed by atoms with Crippen molar-refractivity contribution >= 4 is 29.6 Å². The molecule has 0 saturated carbocycles. The topological polar surface area (TPSA) is 67.9 Å². The van der Waals surface area contributed by atoms with Crippen LogP contribution >= 0.6 is 11.6 Å². The van der Waals surface area contributed by atoms with Gasteiger partial charge in [-0.2, -0.15) is 0 Å². The predicted octanol–water partition coefficient (Wildman–Crippen LogP) is 5.33. The van der Waals surface area contributed by atoms with E-state index in [1.165, 1.54) is 12.0 Å². The third-order valence-corrected chi connectivity index (χ3v) is 5.46. The Morgan fingerprint density at radius 1 is 1.00 bits per heavy atom. The van der Waals surface area contributed by atoms with E-state index in [-0.39, 0.29) is 12.2 Å². The average molecular weight is 463 g/mol. The summed E-state index contributed by atoms with van der Waals surface area (Å²) in [5.74, 6) is 0.439. The first kappa shape index (κ1) is 22.4. The van der Waals surface area contributed by atoms with Crippen LogP contribution in [0.3, 0.4) is 0 Å². The zero-order valence-corrected chi connectivity index (χ0v) is 19.1. The first-order chi connectivity index (χ1) is 15.9. The number of hydrogen-bond donors (Lipinski definition) is 1. The first-order valence-electron chi connectivity index (χ1n) is 10.4. The van der Waals surface area contributed by atoms with Crippen LogP contribution < -0.4 is 14.8 Å². The minimum Gasteiger partial charge on any atom is -0.493 e. The summed E-state index contributed by atoms with van der Waals surface area (Å²) in [6, 6.07) is 20.2. The number of amides is 3. The van der Waals surface area contributed by atoms with Crippen LogP contribution in [-0.2, 0) is 17.9 Å². The Balaban J connectivity index is 1.53. The molecule has 0 spiro atoms. The van der Waals surface area contributed by atoms with Crippen molar-refractivity contribution in [3.05, 3.63) is 99.7 Å². The van der Waals surface area contributed by atoms with Gasteiger partial charge < -0.3 is 14.8 Å². The van der Waals surface area contributed by atoms with Crippen LogP contribution in [0.5, 0.6) is 11.5 Å². The molecular weight excluding hydrogens is 440 g/mol. The SMILES string of the molecule is COc1cc(/C=C2/NC(=O)N(Cc3ccccc3)C2=O)cc(Cl)c1OCc1cccc(C)c1. The Labute approximate surface area is 197 Å². The maximum absolute atomic E-state index is 12.8. The number of halogens is 1. The van der Waals surface area contributed by atoms with Gasteiger partial charge in [-0.05, 0) is 41.8 Å². The number of ether oxygens (including phenoxy) is 2. The van der Waals surface area contributed by atoms with Crippen molar-refractivity contribution in [2.75, 3.05) is 7.11 Å². The largest absolute Gasteiger partial charge is 0.493 e. The summed E-state index contributed by atoms with van der Waals surface area (Å²) >= 11 is 6.48. The molecular formula is C26H23ClN2O4. The molecule has 0 bridgehead atoms. The van der Waals surface area contributed by atoms with E-state index in [0.717, 1.165) is 16.7 Å². The monoisotopic (exact) mass is 462 g/mol. The highest BCUT2D eigenvalue weighted by Crippen LogP contribution is 2.37. The van der Waals surface area contributed by atoms with Gasteiger partial charge in [-0.1, -0.05) is 71.8 Å². The van der Waals surface area contributed by atoms with Gasteiger partial charge >= 0.3 is 6.03 Å². The molecule has 0 aliphatic carbocycles. The van der Waals surface area contributed by atoms with Gasteiger partial charge in [0, 0.05) is 0 Å². The van der Waals surface area contributed by atoms with Gasteiger partial charge in [0.25, 0.3) is 5.91 Å². The molecule has 1 aliphatic heterocycles. The van der Waals surface area contributed by atoms with Crippen LogP contribution in [0.2, 0.25) is 5.02 Å². The zero-order valence-electron chi connectivity index (χ0n) is 18.3. The van der Waals surface area contributed by atoms with Gasteiger partial charge in [-0.3, -0.25) is 9.69 Å².